The molecule has 0 fully saturated rings. The van der Waals surface area contributed by atoms with Gasteiger partial charge in [0.15, 0.2) is 5.75 Å². The Labute approximate surface area is 102 Å². The number of anilines is 1. The predicted octanol–water partition coefficient (Wildman–Crippen LogP) is 2.62. The van der Waals surface area contributed by atoms with Crippen LogP contribution in [0.25, 0.3) is 0 Å². The second-order valence-corrected chi connectivity index (χ2v) is 4.03. The summed E-state index contributed by atoms with van der Waals surface area (Å²) in [5, 5.41) is 11.8. The SMILES string of the molecule is CC(=O)CC(=O)Nc1cc(Cl)c(O)c(Cl)c1. The van der Waals surface area contributed by atoms with Gasteiger partial charge in [-0.2, -0.15) is 0 Å². The number of phenols is 1. The predicted molar refractivity (Wildman–Crippen MR) is 62.1 cm³/mol. The largest absolute Gasteiger partial charge is 0.505 e. The third kappa shape index (κ3) is 3.40. The lowest BCUT2D eigenvalue weighted by molar-refractivity contribution is -0.124. The molecule has 0 aliphatic carbocycles. The van der Waals surface area contributed by atoms with Crippen molar-refractivity contribution < 1.29 is 14.7 Å². The smallest absolute Gasteiger partial charge is 0.231 e. The lowest BCUT2D eigenvalue weighted by atomic mass is 10.2. The van der Waals surface area contributed by atoms with Gasteiger partial charge in [-0.05, 0) is 19.1 Å². The first-order chi connectivity index (χ1) is 7.40. The molecule has 6 heteroatoms. The Balaban J connectivity index is 2.82. The number of Topliss-reactive ketones (excluding diaryl/α,β-unsaturated/α-hetero) is 1. The standard InChI is InChI=1S/C10H9Cl2NO3/c1-5(14)2-9(15)13-6-3-7(11)10(16)8(12)4-6/h3-4,16H,2H2,1H3,(H,13,15). The monoisotopic (exact) mass is 261 g/mol. The van der Waals surface area contributed by atoms with E-state index in [1.54, 1.807) is 0 Å². The summed E-state index contributed by atoms with van der Waals surface area (Å²) in [5.74, 6) is -0.938. The maximum atomic E-state index is 11.2. The summed E-state index contributed by atoms with van der Waals surface area (Å²) in [6.07, 6.45) is -0.212. The summed E-state index contributed by atoms with van der Waals surface area (Å²) in [5.41, 5.74) is 0.332. The summed E-state index contributed by atoms with van der Waals surface area (Å²) in [6.45, 7) is 1.32. The number of ketones is 1. The van der Waals surface area contributed by atoms with Gasteiger partial charge in [0.2, 0.25) is 5.91 Å². The number of halogens is 2. The van der Waals surface area contributed by atoms with Gasteiger partial charge >= 0.3 is 0 Å². The van der Waals surface area contributed by atoms with Crippen molar-refractivity contribution in [1.29, 1.82) is 0 Å². The zero-order valence-corrected chi connectivity index (χ0v) is 9.89. The molecule has 1 aromatic rings. The topological polar surface area (TPSA) is 66.4 Å². The van der Waals surface area contributed by atoms with Crippen LogP contribution in [0.4, 0.5) is 5.69 Å². The first-order valence-corrected chi connectivity index (χ1v) is 5.13. The molecule has 0 bridgehead atoms. The van der Waals surface area contributed by atoms with E-state index in [4.69, 9.17) is 23.2 Å². The Hall–Kier alpha value is -1.26. The number of phenolic OH excluding ortho intramolecular Hbond substituents is 1. The quantitative estimate of drug-likeness (QED) is 0.650. The molecule has 1 aromatic carbocycles. The minimum absolute atomic E-state index is 0.0330. The highest BCUT2D eigenvalue weighted by Crippen LogP contribution is 2.34. The highest BCUT2D eigenvalue weighted by Gasteiger charge is 2.10. The number of aromatic hydroxyl groups is 1. The third-order valence-corrected chi connectivity index (χ3v) is 2.29. The highest BCUT2D eigenvalue weighted by molar-refractivity contribution is 6.37. The van der Waals surface area contributed by atoms with Gasteiger partial charge in [0.05, 0.1) is 16.5 Å². The van der Waals surface area contributed by atoms with E-state index in [0.717, 1.165) is 0 Å². The van der Waals surface area contributed by atoms with E-state index in [2.05, 4.69) is 5.32 Å². The molecule has 1 amide bonds. The third-order valence-electron chi connectivity index (χ3n) is 1.71. The van der Waals surface area contributed by atoms with Gasteiger partial charge in [-0.3, -0.25) is 9.59 Å². The maximum absolute atomic E-state index is 11.2. The molecule has 0 heterocycles. The second-order valence-electron chi connectivity index (χ2n) is 3.22. The molecule has 0 aliphatic rings. The van der Waals surface area contributed by atoms with Crippen molar-refractivity contribution in [2.75, 3.05) is 5.32 Å². The number of hydrogen-bond donors (Lipinski definition) is 2. The van der Waals surface area contributed by atoms with Crippen molar-refractivity contribution in [2.24, 2.45) is 0 Å². The van der Waals surface area contributed by atoms with Crippen LogP contribution in [0.5, 0.6) is 5.75 Å². The van der Waals surface area contributed by atoms with Gasteiger partial charge in [-0.25, -0.2) is 0 Å². The zero-order valence-electron chi connectivity index (χ0n) is 8.38. The van der Waals surface area contributed by atoms with Crippen molar-refractivity contribution in [3.8, 4) is 5.75 Å². The minimum Gasteiger partial charge on any atom is -0.505 e. The Kier molecular flexibility index (Phi) is 4.15. The van der Waals surface area contributed by atoms with Crippen LogP contribution in [0, 0.1) is 0 Å². The number of carbonyl (C=O) groups is 2. The first-order valence-electron chi connectivity index (χ1n) is 4.37. The Bertz CT molecular complexity index is 423. The van der Waals surface area contributed by atoms with Crippen molar-refractivity contribution in [2.45, 2.75) is 13.3 Å². The number of amides is 1. The number of carbonyl (C=O) groups excluding carboxylic acids is 2. The molecule has 16 heavy (non-hydrogen) atoms. The van der Waals surface area contributed by atoms with E-state index in [1.807, 2.05) is 0 Å². The van der Waals surface area contributed by atoms with E-state index in [1.165, 1.54) is 19.1 Å². The average molecular weight is 262 g/mol. The molecule has 0 saturated carbocycles. The van der Waals surface area contributed by atoms with E-state index in [0.29, 0.717) is 5.69 Å². The van der Waals surface area contributed by atoms with Crippen LogP contribution in [-0.4, -0.2) is 16.8 Å². The molecule has 0 aromatic heterocycles. The van der Waals surface area contributed by atoms with E-state index in [9.17, 15) is 14.7 Å². The van der Waals surface area contributed by atoms with E-state index in [-0.39, 0.29) is 28.0 Å². The van der Waals surface area contributed by atoms with E-state index < -0.39 is 5.91 Å². The number of nitrogens with one attached hydrogen (secondary N) is 1. The van der Waals surface area contributed by atoms with Crippen LogP contribution in [0.3, 0.4) is 0 Å². The van der Waals surface area contributed by atoms with Crippen molar-refractivity contribution in [1.82, 2.24) is 0 Å². The number of benzene rings is 1. The van der Waals surface area contributed by atoms with Gasteiger partial charge in [-0.1, -0.05) is 23.2 Å². The summed E-state index contributed by atoms with van der Waals surface area (Å²) >= 11 is 11.3. The normalized spacial score (nSPS) is 9.94. The summed E-state index contributed by atoms with van der Waals surface area (Å²) in [4.78, 5) is 21.9. The van der Waals surface area contributed by atoms with Gasteiger partial charge in [0.1, 0.15) is 5.78 Å². The van der Waals surface area contributed by atoms with Gasteiger partial charge in [0.25, 0.3) is 0 Å². The average Bonchev–Trinajstić information content (AvgIpc) is 2.12. The van der Waals surface area contributed by atoms with Gasteiger partial charge < -0.3 is 10.4 Å². The zero-order chi connectivity index (χ0) is 12.3. The number of hydrogen-bond acceptors (Lipinski definition) is 3. The Morgan fingerprint density at radius 3 is 2.25 bits per heavy atom. The summed E-state index contributed by atoms with van der Waals surface area (Å²) in [6, 6.07) is 2.70. The van der Waals surface area contributed by atoms with Crippen LogP contribution < -0.4 is 5.32 Å². The van der Waals surface area contributed by atoms with Crippen LogP contribution in [0.15, 0.2) is 12.1 Å². The Morgan fingerprint density at radius 2 is 1.81 bits per heavy atom. The fourth-order valence-corrected chi connectivity index (χ4v) is 1.56. The van der Waals surface area contributed by atoms with Crippen LogP contribution >= 0.6 is 23.2 Å². The summed E-state index contributed by atoms with van der Waals surface area (Å²) in [7, 11) is 0. The van der Waals surface area contributed by atoms with Crippen LogP contribution in [-0.2, 0) is 9.59 Å². The molecule has 0 radical (unpaired) electrons. The summed E-state index contributed by atoms with van der Waals surface area (Å²) < 4.78 is 0. The molecule has 86 valence electrons. The fraction of sp³-hybridized carbons (Fsp3) is 0.200. The molecule has 0 aliphatic heterocycles. The van der Waals surface area contributed by atoms with Crippen LogP contribution in [0.2, 0.25) is 10.0 Å². The van der Waals surface area contributed by atoms with Gasteiger partial charge in [-0.15, -0.1) is 0 Å². The van der Waals surface area contributed by atoms with Crippen LogP contribution in [0.1, 0.15) is 13.3 Å². The molecular weight excluding hydrogens is 253 g/mol. The molecule has 0 spiro atoms. The first kappa shape index (κ1) is 12.8. The molecule has 4 nitrogen and oxygen atoms in total. The molecule has 0 saturated heterocycles. The Morgan fingerprint density at radius 1 is 1.31 bits per heavy atom. The van der Waals surface area contributed by atoms with Crippen molar-refractivity contribution in [3.63, 3.8) is 0 Å². The van der Waals surface area contributed by atoms with Gasteiger partial charge in [0, 0.05) is 5.69 Å². The minimum atomic E-state index is -0.453. The molecular formula is C10H9Cl2NO3. The number of rotatable bonds is 3. The lowest BCUT2D eigenvalue weighted by Gasteiger charge is -2.06. The molecule has 1 rings (SSSR count). The molecule has 0 atom stereocenters. The molecule has 0 unspecified atom stereocenters. The highest BCUT2D eigenvalue weighted by atomic mass is 35.5. The van der Waals surface area contributed by atoms with E-state index >= 15 is 0 Å². The molecule has 2 N–H and O–H groups in total. The second kappa shape index (κ2) is 5.18. The van der Waals surface area contributed by atoms with Crippen molar-refractivity contribution >= 4 is 40.6 Å². The fourth-order valence-electron chi connectivity index (χ4n) is 1.07. The maximum Gasteiger partial charge on any atom is 0.231 e. The van der Waals surface area contributed by atoms with Crippen molar-refractivity contribution in [3.05, 3.63) is 22.2 Å². The lowest BCUT2D eigenvalue weighted by Crippen LogP contribution is -2.14.